The molecule has 0 aliphatic rings. The van der Waals surface area contributed by atoms with Crippen LogP contribution in [0, 0.1) is 0 Å². The predicted molar refractivity (Wildman–Crippen MR) is 120 cm³/mol. The number of hydrogen-bond donors (Lipinski definition) is 2. The summed E-state index contributed by atoms with van der Waals surface area (Å²) >= 11 is 1.47. The topological polar surface area (TPSA) is 66.9 Å². The average Bonchev–Trinajstić information content (AvgIpc) is 2.96. The van der Waals surface area contributed by atoms with E-state index in [1.54, 1.807) is 5.41 Å². The van der Waals surface area contributed by atoms with Gasteiger partial charge < -0.3 is 5.32 Å². The molecule has 0 atom stereocenters. The molecule has 0 saturated carbocycles. The van der Waals surface area contributed by atoms with Crippen LogP contribution in [0.5, 0.6) is 0 Å². The SMILES string of the molecule is C=c1[nH]n(-c2ccc(NC(=O)CCCCCCCCC)cc2)c(=O)c1=CSC. The number of aromatic amines is 1. The number of benzene rings is 1. The quantitative estimate of drug-likeness (QED) is 0.564. The lowest BCUT2D eigenvalue weighted by molar-refractivity contribution is -0.116. The molecule has 1 amide bonds. The number of amides is 1. The van der Waals surface area contributed by atoms with Crippen molar-refractivity contribution in [2.75, 3.05) is 11.6 Å². The van der Waals surface area contributed by atoms with Crippen molar-refractivity contribution in [3.63, 3.8) is 0 Å². The van der Waals surface area contributed by atoms with Crippen LogP contribution < -0.4 is 21.4 Å². The summed E-state index contributed by atoms with van der Waals surface area (Å²) in [7, 11) is 0. The Morgan fingerprint density at radius 3 is 2.43 bits per heavy atom. The largest absolute Gasteiger partial charge is 0.326 e. The number of nitrogens with zero attached hydrogens (tertiary/aromatic N) is 1. The lowest BCUT2D eigenvalue weighted by atomic mass is 10.1. The minimum Gasteiger partial charge on any atom is -0.326 e. The summed E-state index contributed by atoms with van der Waals surface area (Å²) in [4.78, 5) is 24.5. The van der Waals surface area contributed by atoms with Crippen molar-refractivity contribution in [1.82, 2.24) is 9.78 Å². The summed E-state index contributed by atoms with van der Waals surface area (Å²) in [6.45, 7) is 6.10. The van der Waals surface area contributed by atoms with Gasteiger partial charge >= 0.3 is 0 Å². The van der Waals surface area contributed by atoms with E-state index in [9.17, 15) is 9.59 Å². The molecule has 0 spiro atoms. The smallest absolute Gasteiger partial charge is 0.279 e. The van der Waals surface area contributed by atoms with E-state index in [2.05, 4.69) is 23.9 Å². The zero-order valence-electron chi connectivity index (χ0n) is 16.9. The molecule has 28 heavy (non-hydrogen) atoms. The van der Waals surface area contributed by atoms with E-state index < -0.39 is 0 Å². The number of anilines is 1. The van der Waals surface area contributed by atoms with Crippen molar-refractivity contribution in [1.29, 1.82) is 0 Å². The van der Waals surface area contributed by atoms with Gasteiger partial charge in [-0.25, -0.2) is 4.68 Å². The van der Waals surface area contributed by atoms with Gasteiger partial charge in [0.15, 0.2) is 0 Å². The van der Waals surface area contributed by atoms with Crippen LogP contribution in [-0.2, 0) is 4.79 Å². The van der Waals surface area contributed by atoms with E-state index in [0.717, 1.165) is 18.5 Å². The van der Waals surface area contributed by atoms with Crippen LogP contribution in [0.25, 0.3) is 17.7 Å². The Balaban J connectivity index is 1.87. The zero-order chi connectivity index (χ0) is 20.4. The fourth-order valence-electron chi connectivity index (χ4n) is 3.08. The molecule has 0 saturated heterocycles. The molecule has 0 aliphatic carbocycles. The van der Waals surface area contributed by atoms with Gasteiger partial charge in [0.1, 0.15) is 0 Å². The van der Waals surface area contributed by atoms with E-state index in [0.29, 0.717) is 22.7 Å². The molecule has 2 aromatic rings. The number of unbranched alkanes of at least 4 members (excludes halogenated alkanes) is 6. The van der Waals surface area contributed by atoms with E-state index in [4.69, 9.17) is 0 Å². The Bertz CT molecular complexity index is 913. The Hall–Kier alpha value is -2.21. The molecule has 0 fully saturated rings. The molecular weight excluding hydrogens is 370 g/mol. The molecule has 6 heteroatoms. The highest BCUT2D eigenvalue weighted by atomic mass is 32.2. The van der Waals surface area contributed by atoms with Crippen LogP contribution in [0.2, 0.25) is 0 Å². The zero-order valence-corrected chi connectivity index (χ0v) is 17.7. The molecule has 1 aromatic heterocycles. The van der Waals surface area contributed by atoms with Gasteiger partial charge in [-0.15, -0.1) is 11.8 Å². The lowest BCUT2D eigenvalue weighted by Gasteiger charge is -2.07. The van der Waals surface area contributed by atoms with E-state index in [1.807, 2.05) is 30.5 Å². The molecule has 0 aliphatic heterocycles. The Morgan fingerprint density at radius 2 is 1.79 bits per heavy atom. The van der Waals surface area contributed by atoms with Gasteiger partial charge in [0.05, 0.1) is 16.3 Å². The van der Waals surface area contributed by atoms with Crippen LogP contribution in [0.4, 0.5) is 5.69 Å². The molecule has 2 N–H and O–H groups in total. The highest BCUT2D eigenvalue weighted by molar-refractivity contribution is 8.05. The molecule has 2 rings (SSSR count). The van der Waals surface area contributed by atoms with E-state index in [-0.39, 0.29) is 11.5 Å². The van der Waals surface area contributed by atoms with Crippen LogP contribution in [0.15, 0.2) is 29.1 Å². The lowest BCUT2D eigenvalue weighted by Crippen LogP contribution is -2.33. The highest BCUT2D eigenvalue weighted by Crippen LogP contribution is 2.13. The summed E-state index contributed by atoms with van der Waals surface area (Å²) in [5.74, 6) is 0.0373. The third-order valence-corrected chi connectivity index (χ3v) is 5.13. The number of hydrogen-bond acceptors (Lipinski definition) is 3. The van der Waals surface area contributed by atoms with Crippen LogP contribution >= 0.6 is 11.8 Å². The maximum Gasteiger partial charge on any atom is 0.279 e. The number of thioether (sulfide) groups is 1. The van der Waals surface area contributed by atoms with Crippen LogP contribution in [0.1, 0.15) is 58.3 Å². The van der Waals surface area contributed by atoms with Gasteiger partial charge in [-0.2, -0.15) is 0 Å². The fourth-order valence-corrected chi connectivity index (χ4v) is 3.56. The molecular formula is C22H31N3O2S. The number of carbonyl (C=O) groups excluding carboxylic acids is 1. The molecule has 152 valence electrons. The highest BCUT2D eigenvalue weighted by Gasteiger charge is 2.06. The van der Waals surface area contributed by atoms with Gasteiger partial charge in [0, 0.05) is 12.1 Å². The summed E-state index contributed by atoms with van der Waals surface area (Å²) < 4.78 is 1.47. The predicted octanol–water partition coefficient (Wildman–Crippen LogP) is 3.76. The van der Waals surface area contributed by atoms with Gasteiger partial charge in [-0.1, -0.05) is 52.0 Å². The number of H-pyrrole nitrogens is 1. The fraction of sp³-hybridized carbons (Fsp3) is 0.455. The third kappa shape index (κ3) is 6.44. The maximum atomic E-state index is 12.4. The maximum absolute atomic E-state index is 12.4. The normalized spacial score (nSPS) is 11.7. The van der Waals surface area contributed by atoms with Crippen LogP contribution in [-0.4, -0.2) is 21.9 Å². The summed E-state index contributed by atoms with van der Waals surface area (Å²) in [5, 5.41) is 8.86. The van der Waals surface area contributed by atoms with Crippen molar-refractivity contribution in [2.24, 2.45) is 0 Å². The average molecular weight is 402 g/mol. The second-order valence-corrected chi connectivity index (χ2v) is 7.67. The van der Waals surface area contributed by atoms with Crippen molar-refractivity contribution >= 4 is 35.3 Å². The minimum atomic E-state index is -0.130. The molecule has 0 radical (unpaired) electrons. The second kappa shape index (κ2) is 11.6. The first-order chi connectivity index (χ1) is 13.6. The molecule has 1 aromatic carbocycles. The molecule has 1 heterocycles. The number of aromatic nitrogens is 2. The summed E-state index contributed by atoms with van der Waals surface area (Å²) in [5.41, 5.74) is 1.32. The number of nitrogens with one attached hydrogen (secondary N) is 2. The standard InChI is InChI=1S/C22H31N3O2S/c1-4-5-6-7-8-9-10-11-21(26)23-18-12-14-19(15-13-18)25-22(27)20(16-28-3)17(2)24-25/h12-16,24H,2,4-11H2,1,3H3,(H,23,26). The van der Waals surface area contributed by atoms with Crippen LogP contribution in [0.3, 0.4) is 0 Å². The van der Waals surface area contributed by atoms with Crippen molar-refractivity contribution < 1.29 is 4.79 Å². The molecule has 5 nitrogen and oxygen atoms in total. The second-order valence-electron chi connectivity index (χ2n) is 6.96. The monoisotopic (exact) mass is 401 g/mol. The van der Waals surface area contributed by atoms with Crippen molar-refractivity contribution in [2.45, 2.75) is 58.3 Å². The third-order valence-electron chi connectivity index (χ3n) is 4.66. The Labute approximate surface area is 170 Å². The van der Waals surface area contributed by atoms with Gasteiger partial charge in [0.2, 0.25) is 5.91 Å². The van der Waals surface area contributed by atoms with E-state index in [1.165, 1.54) is 48.5 Å². The summed E-state index contributed by atoms with van der Waals surface area (Å²) in [6.07, 6.45) is 10.8. The molecule has 0 unspecified atom stereocenters. The number of carbonyl (C=O) groups is 1. The van der Waals surface area contributed by atoms with Crippen molar-refractivity contribution in [3.8, 4) is 5.69 Å². The van der Waals surface area contributed by atoms with Gasteiger partial charge in [-0.3, -0.25) is 14.7 Å². The Kier molecular flexibility index (Phi) is 9.14. The summed E-state index contributed by atoms with van der Waals surface area (Å²) in [6, 6.07) is 7.24. The van der Waals surface area contributed by atoms with Gasteiger partial charge in [0.25, 0.3) is 5.56 Å². The number of rotatable bonds is 11. The first-order valence-electron chi connectivity index (χ1n) is 10.00. The minimum absolute atomic E-state index is 0.0373. The molecule has 0 bridgehead atoms. The van der Waals surface area contributed by atoms with Gasteiger partial charge in [-0.05, 0) is 42.4 Å². The van der Waals surface area contributed by atoms with Crippen molar-refractivity contribution in [3.05, 3.63) is 45.2 Å². The van der Waals surface area contributed by atoms with E-state index >= 15 is 0 Å². The first kappa shape index (κ1) is 22.1. The first-order valence-corrected chi connectivity index (χ1v) is 11.3. The Morgan fingerprint density at radius 1 is 1.14 bits per heavy atom.